The van der Waals surface area contributed by atoms with E-state index in [-0.39, 0.29) is 11.8 Å². The highest BCUT2D eigenvalue weighted by Crippen LogP contribution is 2.37. The van der Waals surface area contributed by atoms with E-state index in [1.165, 1.54) is 0 Å². The quantitative estimate of drug-likeness (QED) is 0.849. The standard InChI is InChI=1S/C18H12Cl2N2O/c19-13-6-4-11(5-7-13)17-9-15(16(10-21)18(22)23-17)12-2-1-3-14(20)8-12/h1-9,15H,22H2. The Hall–Kier alpha value is -2.41. The normalized spacial score (nSPS) is 17.3. The number of nitrogens with two attached hydrogens (primary N) is 1. The molecule has 5 heteroatoms. The van der Waals surface area contributed by atoms with E-state index in [0.29, 0.717) is 21.4 Å². The second-order valence-corrected chi connectivity index (χ2v) is 5.94. The first-order valence-electron chi connectivity index (χ1n) is 6.89. The molecule has 0 bridgehead atoms. The topological polar surface area (TPSA) is 59.0 Å². The van der Waals surface area contributed by atoms with Crippen LogP contribution in [0.1, 0.15) is 17.0 Å². The lowest BCUT2D eigenvalue weighted by Gasteiger charge is -2.23. The van der Waals surface area contributed by atoms with Crippen LogP contribution in [0.3, 0.4) is 0 Å². The highest BCUT2D eigenvalue weighted by molar-refractivity contribution is 6.30. The van der Waals surface area contributed by atoms with Crippen LogP contribution in [0.25, 0.3) is 5.76 Å². The molecule has 2 N–H and O–H groups in total. The van der Waals surface area contributed by atoms with Gasteiger partial charge in [0.25, 0.3) is 0 Å². The predicted octanol–water partition coefficient (Wildman–Crippen LogP) is 4.84. The van der Waals surface area contributed by atoms with E-state index in [9.17, 15) is 5.26 Å². The molecule has 2 aromatic carbocycles. The Balaban J connectivity index is 2.08. The van der Waals surface area contributed by atoms with Gasteiger partial charge < -0.3 is 10.5 Å². The van der Waals surface area contributed by atoms with E-state index >= 15 is 0 Å². The summed E-state index contributed by atoms with van der Waals surface area (Å²) in [6, 6.07) is 16.7. The molecule has 0 radical (unpaired) electrons. The highest BCUT2D eigenvalue weighted by atomic mass is 35.5. The molecule has 114 valence electrons. The highest BCUT2D eigenvalue weighted by Gasteiger charge is 2.26. The number of rotatable bonds is 2. The van der Waals surface area contributed by atoms with Crippen molar-refractivity contribution in [3.8, 4) is 6.07 Å². The van der Waals surface area contributed by atoms with Crippen LogP contribution in [0.5, 0.6) is 0 Å². The van der Waals surface area contributed by atoms with Crippen LogP contribution < -0.4 is 5.73 Å². The van der Waals surface area contributed by atoms with Gasteiger partial charge in [-0.15, -0.1) is 0 Å². The average Bonchev–Trinajstić information content (AvgIpc) is 2.55. The molecule has 1 aliphatic rings. The van der Waals surface area contributed by atoms with Crippen LogP contribution in [0, 0.1) is 11.3 Å². The molecule has 2 aromatic rings. The fraction of sp³-hybridized carbons (Fsp3) is 0.0556. The summed E-state index contributed by atoms with van der Waals surface area (Å²) in [4.78, 5) is 0. The summed E-state index contributed by atoms with van der Waals surface area (Å²) in [6.45, 7) is 0. The fourth-order valence-corrected chi connectivity index (χ4v) is 2.78. The lowest BCUT2D eigenvalue weighted by Crippen LogP contribution is -2.16. The van der Waals surface area contributed by atoms with Gasteiger partial charge in [-0.25, -0.2) is 0 Å². The molecule has 1 unspecified atom stereocenters. The van der Waals surface area contributed by atoms with Crippen molar-refractivity contribution in [2.24, 2.45) is 5.73 Å². The SMILES string of the molecule is N#CC1=C(N)OC(c2ccc(Cl)cc2)=CC1c1cccc(Cl)c1. The Morgan fingerprint density at radius 1 is 1.04 bits per heavy atom. The van der Waals surface area contributed by atoms with E-state index in [1.54, 1.807) is 18.2 Å². The molecule has 0 saturated carbocycles. The molecule has 1 atom stereocenters. The number of hydrogen-bond acceptors (Lipinski definition) is 3. The minimum Gasteiger partial charge on any atom is -0.440 e. The molecule has 0 spiro atoms. The zero-order valence-electron chi connectivity index (χ0n) is 12.0. The lowest BCUT2D eigenvalue weighted by molar-refractivity contribution is 0.360. The van der Waals surface area contributed by atoms with Crippen molar-refractivity contribution in [3.63, 3.8) is 0 Å². The summed E-state index contributed by atoms with van der Waals surface area (Å²) < 4.78 is 5.62. The first-order valence-corrected chi connectivity index (χ1v) is 7.65. The molecule has 0 saturated heterocycles. The third-order valence-electron chi connectivity index (χ3n) is 3.57. The van der Waals surface area contributed by atoms with Crippen molar-refractivity contribution in [2.75, 3.05) is 0 Å². The van der Waals surface area contributed by atoms with Crippen molar-refractivity contribution < 1.29 is 4.74 Å². The van der Waals surface area contributed by atoms with Crippen LogP contribution in [-0.2, 0) is 4.74 Å². The van der Waals surface area contributed by atoms with Gasteiger partial charge in [-0.2, -0.15) is 5.26 Å². The van der Waals surface area contributed by atoms with Gasteiger partial charge in [-0.1, -0.05) is 35.3 Å². The largest absolute Gasteiger partial charge is 0.440 e. The molecule has 1 heterocycles. The van der Waals surface area contributed by atoms with E-state index < -0.39 is 0 Å². The van der Waals surface area contributed by atoms with Gasteiger partial charge in [0, 0.05) is 21.5 Å². The van der Waals surface area contributed by atoms with Crippen LogP contribution in [0.4, 0.5) is 0 Å². The first kappa shape index (κ1) is 15.5. The van der Waals surface area contributed by atoms with Crippen molar-refractivity contribution in [2.45, 2.75) is 5.92 Å². The molecule has 1 aliphatic heterocycles. The van der Waals surface area contributed by atoms with E-state index in [4.69, 9.17) is 33.7 Å². The molecule has 0 amide bonds. The van der Waals surface area contributed by atoms with Gasteiger partial charge in [0.05, 0.1) is 0 Å². The van der Waals surface area contributed by atoms with Gasteiger partial charge >= 0.3 is 0 Å². The maximum Gasteiger partial charge on any atom is 0.205 e. The summed E-state index contributed by atoms with van der Waals surface area (Å²) >= 11 is 12.0. The van der Waals surface area contributed by atoms with Gasteiger partial charge in [0.1, 0.15) is 17.4 Å². The van der Waals surface area contributed by atoms with Gasteiger partial charge in [-0.05, 0) is 48.0 Å². The van der Waals surface area contributed by atoms with Crippen molar-refractivity contribution in [1.82, 2.24) is 0 Å². The molecular weight excluding hydrogens is 331 g/mol. The van der Waals surface area contributed by atoms with E-state index in [1.807, 2.05) is 36.4 Å². The summed E-state index contributed by atoms with van der Waals surface area (Å²) in [6.07, 6.45) is 1.86. The average molecular weight is 343 g/mol. The monoisotopic (exact) mass is 342 g/mol. The van der Waals surface area contributed by atoms with Gasteiger partial charge in [-0.3, -0.25) is 0 Å². The van der Waals surface area contributed by atoms with Crippen molar-refractivity contribution in [3.05, 3.63) is 87.2 Å². The second-order valence-electron chi connectivity index (χ2n) is 5.06. The molecule has 0 aromatic heterocycles. The molecule has 23 heavy (non-hydrogen) atoms. The molecule has 3 nitrogen and oxygen atoms in total. The van der Waals surface area contributed by atoms with Crippen LogP contribution in [0.15, 0.2) is 66.1 Å². The summed E-state index contributed by atoms with van der Waals surface area (Å²) in [5, 5.41) is 10.6. The number of allylic oxidation sites excluding steroid dienone is 2. The smallest absolute Gasteiger partial charge is 0.205 e. The molecule has 0 fully saturated rings. The summed E-state index contributed by atoms with van der Waals surface area (Å²) in [7, 11) is 0. The van der Waals surface area contributed by atoms with Crippen LogP contribution in [-0.4, -0.2) is 0 Å². The maximum atomic E-state index is 9.41. The van der Waals surface area contributed by atoms with Crippen molar-refractivity contribution in [1.29, 1.82) is 5.26 Å². The second kappa shape index (κ2) is 6.37. The Morgan fingerprint density at radius 2 is 1.78 bits per heavy atom. The Morgan fingerprint density at radius 3 is 2.43 bits per heavy atom. The van der Waals surface area contributed by atoms with Crippen LogP contribution in [0.2, 0.25) is 10.0 Å². The predicted molar refractivity (Wildman–Crippen MR) is 91.5 cm³/mol. The zero-order valence-corrected chi connectivity index (χ0v) is 13.5. The number of nitriles is 1. The fourth-order valence-electron chi connectivity index (χ4n) is 2.45. The van der Waals surface area contributed by atoms with Gasteiger partial charge in [0.15, 0.2) is 0 Å². The van der Waals surface area contributed by atoms with E-state index in [2.05, 4.69) is 6.07 Å². The minimum atomic E-state index is -0.307. The summed E-state index contributed by atoms with van der Waals surface area (Å²) in [5.41, 5.74) is 8.03. The third kappa shape index (κ3) is 3.19. The Labute approximate surface area is 144 Å². The maximum absolute atomic E-state index is 9.41. The first-order chi connectivity index (χ1) is 11.1. The Bertz CT molecular complexity index is 848. The van der Waals surface area contributed by atoms with Gasteiger partial charge in [0.2, 0.25) is 5.88 Å². The number of benzene rings is 2. The summed E-state index contributed by atoms with van der Waals surface area (Å²) in [5.74, 6) is 0.381. The van der Waals surface area contributed by atoms with E-state index in [0.717, 1.165) is 11.1 Å². The number of hydrogen-bond donors (Lipinski definition) is 1. The molecular formula is C18H12Cl2N2O. The number of halogens is 2. The third-order valence-corrected chi connectivity index (χ3v) is 4.06. The number of nitrogens with zero attached hydrogens (tertiary/aromatic N) is 1. The lowest BCUT2D eigenvalue weighted by atomic mass is 9.89. The van der Waals surface area contributed by atoms with Crippen LogP contribution >= 0.6 is 23.2 Å². The number of ether oxygens (including phenoxy) is 1. The zero-order chi connectivity index (χ0) is 16.4. The molecule has 0 aliphatic carbocycles. The molecule has 3 rings (SSSR count). The van der Waals surface area contributed by atoms with Crippen molar-refractivity contribution >= 4 is 29.0 Å². The Kier molecular flexibility index (Phi) is 4.29. The minimum absolute atomic E-state index is 0.102.